The normalized spacial score (nSPS) is 11.5. The average molecular weight is 354 g/mol. The Bertz CT molecular complexity index is 540. The molecule has 1 rings (SSSR count). The zero-order chi connectivity index (χ0) is 13.8. The fourth-order valence-corrected chi connectivity index (χ4v) is 2.78. The van der Waals surface area contributed by atoms with Crippen LogP contribution in [0.4, 0.5) is 0 Å². The number of Topliss-reactive ketones (excluding diaryl/α,β-unsaturated/α-hetero) is 1. The number of halogens is 2. The van der Waals surface area contributed by atoms with Gasteiger partial charge in [-0.25, -0.2) is 8.42 Å². The highest BCUT2D eigenvalue weighted by atomic mass is 79.9. The third-order valence-corrected chi connectivity index (χ3v) is 5.54. The van der Waals surface area contributed by atoms with Crippen LogP contribution in [0.15, 0.2) is 22.7 Å². The molecule has 100 valence electrons. The van der Waals surface area contributed by atoms with Gasteiger partial charge in [0.1, 0.15) is 9.84 Å². The van der Waals surface area contributed by atoms with Gasteiger partial charge in [0.25, 0.3) is 0 Å². The van der Waals surface area contributed by atoms with Gasteiger partial charge in [0.05, 0.1) is 10.8 Å². The Balaban J connectivity index is 2.58. The van der Waals surface area contributed by atoms with Gasteiger partial charge in [-0.1, -0.05) is 18.5 Å². The third kappa shape index (κ3) is 4.71. The Morgan fingerprint density at radius 1 is 1.39 bits per heavy atom. The first-order valence-corrected chi connectivity index (χ1v) is 8.53. The van der Waals surface area contributed by atoms with Gasteiger partial charge in [-0.05, 0) is 40.5 Å². The Morgan fingerprint density at radius 2 is 2.06 bits per heavy atom. The fourth-order valence-electron chi connectivity index (χ4n) is 1.41. The molecule has 0 radical (unpaired) electrons. The van der Waals surface area contributed by atoms with E-state index in [-0.39, 0.29) is 23.7 Å². The Labute approximate surface area is 121 Å². The molecular weight excluding hydrogens is 340 g/mol. The summed E-state index contributed by atoms with van der Waals surface area (Å²) in [6, 6.07) is 4.93. The van der Waals surface area contributed by atoms with Gasteiger partial charge in [-0.3, -0.25) is 4.79 Å². The summed E-state index contributed by atoms with van der Waals surface area (Å²) in [5, 5.41) is 0.542. The lowest BCUT2D eigenvalue weighted by Crippen LogP contribution is -2.10. The van der Waals surface area contributed by atoms with Crippen molar-refractivity contribution < 1.29 is 13.2 Å². The second kappa shape index (κ2) is 6.68. The predicted molar refractivity (Wildman–Crippen MR) is 77.0 cm³/mol. The monoisotopic (exact) mass is 352 g/mol. The fraction of sp³-hybridized carbons (Fsp3) is 0.417. The topological polar surface area (TPSA) is 51.2 Å². The Hall–Kier alpha value is -0.390. The summed E-state index contributed by atoms with van der Waals surface area (Å²) in [6.07, 6.45) is 0.586. The summed E-state index contributed by atoms with van der Waals surface area (Å²) < 4.78 is 23.2. The molecule has 0 amide bonds. The summed E-state index contributed by atoms with van der Waals surface area (Å²) in [4.78, 5) is 11.8. The summed E-state index contributed by atoms with van der Waals surface area (Å²) in [5.41, 5.74) is 0.542. The Kier molecular flexibility index (Phi) is 5.82. The molecule has 0 heterocycles. The number of benzene rings is 1. The lowest BCUT2D eigenvalue weighted by atomic mass is 10.1. The third-order valence-electron chi connectivity index (χ3n) is 2.54. The largest absolute Gasteiger partial charge is 0.294 e. The molecule has 0 N–H and O–H groups in total. The van der Waals surface area contributed by atoms with Crippen molar-refractivity contribution in [2.75, 3.05) is 11.5 Å². The number of hydrogen-bond acceptors (Lipinski definition) is 3. The van der Waals surface area contributed by atoms with Crippen molar-refractivity contribution in [3.8, 4) is 0 Å². The maximum atomic E-state index is 11.8. The minimum atomic E-state index is -2.99. The summed E-state index contributed by atoms with van der Waals surface area (Å²) >= 11 is 9.08. The van der Waals surface area contributed by atoms with Crippen LogP contribution in [0.2, 0.25) is 5.02 Å². The van der Waals surface area contributed by atoms with Gasteiger partial charge >= 0.3 is 0 Å². The molecule has 1 aromatic carbocycles. The number of sulfone groups is 1. The van der Waals surface area contributed by atoms with Gasteiger partial charge in [0.15, 0.2) is 5.78 Å². The lowest BCUT2D eigenvalue weighted by Gasteiger charge is -2.03. The SMILES string of the molecule is CCS(=O)(=O)CCCC(=O)c1ccc(Cl)c(Br)c1. The van der Waals surface area contributed by atoms with Gasteiger partial charge in [0, 0.05) is 22.2 Å². The van der Waals surface area contributed by atoms with Crippen molar-refractivity contribution in [2.45, 2.75) is 19.8 Å². The summed E-state index contributed by atoms with van der Waals surface area (Å²) in [6.45, 7) is 1.60. The van der Waals surface area contributed by atoms with Gasteiger partial charge in [0.2, 0.25) is 0 Å². The smallest absolute Gasteiger partial charge is 0.162 e. The molecule has 0 atom stereocenters. The highest BCUT2D eigenvalue weighted by Gasteiger charge is 2.11. The molecule has 0 aliphatic rings. The van der Waals surface area contributed by atoms with Crippen molar-refractivity contribution in [1.82, 2.24) is 0 Å². The molecule has 0 spiro atoms. The van der Waals surface area contributed by atoms with Crippen LogP contribution in [-0.4, -0.2) is 25.7 Å². The molecule has 0 aromatic heterocycles. The van der Waals surface area contributed by atoms with E-state index in [0.29, 0.717) is 21.5 Å². The quantitative estimate of drug-likeness (QED) is 0.735. The standard InChI is InChI=1S/C12H14BrClO3S/c1-2-18(16,17)7-3-4-12(15)9-5-6-11(14)10(13)8-9/h5-6,8H,2-4,7H2,1H3. The van der Waals surface area contributed by atoms with Crippen LogP contribution in [0.3, 0.4) is 0 Å². The van der Waals surface area contributed by atoms with E-state index >= 15 is 0 Å². The van der Waals surface area contributed by atoms with E-state index in [1.54, 1.807) is 25.1 Å². The van der Waals surface area contributed by atoms with Crippen molar-refractivity contribution in [2.24, 2.45) is 0 Å². The number of rotatable bonds is 6. The van der Waals surface area contributed by atoms with Crippen LogP contribution in [0.5, 0.6) is 0 Å². The number of carbonyl (C=O) groups is 1. The minimum Gasteiger partial charge on any atom is -0.294 e. The molecule has 6 heteroatoms. The lowest BCUT2D eigenvalue weighted by molar-refractivity contribution is 0.0982. The van der Waals surface area contributed by atoms with Crippen molar-refractivity contribution in [1.29, 1.82) is 0 Å². The minimum absolute atomic E-state index is 0.0595. The first-order valence-electron chi connectivity index (χ1n) is 5.54. The molecule has 0 saturated carbocycles. The molecule has 18 heavy (non-hydrogen) atoms. The van der Waals surface area contributed by atoms with E-state index in [1.807, 2.05) is 0 Å². The van der Waals surface area contributed by atoms with Gasteiger partial charge in [-0.2, -0.15) is 0 Å². The molecule has 3 nitrogen and oxygen atoms in total. The van der Waals surface area contributed by atoms with E-state index in [1.165, 1.54) is 0 Å². The molecule has 1 aromatic rings. The summed E-state index contributed by atoms with van der Waals surface area (Å²) in [5.74, 6) is 0.108. The second-order valence-electron chi connectivity index (χ2n) is 3.89. The number of carbonyl (C=O) groups excluding carboxylic acids is 1. The van der Waals surface area contributed by atoms with E-state index in [0.717, 1.165) is 0 Å². The highest BCUT2D eigenvalue weighted by Crippen LogP contribution is 2.24. The van der Waals surface area contributed by atoms with Crippen LogP contribution in [-0.2, 0) is 9.84 Å². The first kappa shape index (κ1) is 15.7. The van der Waals surface area contributed by atoms with Crippen LogP contribution in [0.25, 0.3) is 0 Å². The van der Waals surface area contributed by atoms with E-state index in [9.17, 15) is 13.2 Å². The molecule has 0 fully saturated rings. The van der Waals surface area contributed by atoms with Gasteiger partial charge < -0.3 is 0 Å². The Morgan fingerprint density at radius 3 is 2.61 bits per heavy atom. The molecule has 0 unspecified atom stereocenters. The molecule has 0 aliphatic heterocycles. The molecular formula is C12H14BrClO3S. The molecule has 0 bridgehead atoms. The number of hydrogen-bond donors (Lipinski definition) is 0. The van der Waals surface area contributed by atoms with E-state index in [2.05, 4.69) is 15.9 Å². The van der Waals surface area contributed by atoms with Crippen LogP contribution in [0.1, 0.15) is 30.1 Å². The van der Waals surface area contributed by atoms with Crippen molar-refractivity contribution >= 4 is 43.2 Å². The second-order valence-corrected chi connectivity index (χ2v) is 7.63. The van der Waals surface area contributed by atoms with Crippen LogP contribution in [0, 0.1) is 0 Å². The summed E-state index contributed by atoms with van der Waals surface area (Å²) in [7, 11) is -2.99. The van der Waals surface area contributed by atoms with Crippen molar-refractivity contribution in [3.05, 3.63) is 33.3 Å². The molecule has 0 aliphatic carbocycles. The van der Waals surface area contributed by atoms with Crippen LogP contribution >= 0.6 is 27.5 Å². The number of ketones is 1. The van der Waals surface area contributed by atoms with E-state index < -0.39 is 9.84 Å². The van der Waals surface area contributed by atoms with Gasteiger partial charge in [-0.15, -0.1) is 0 Å². The maximum absolute atomic E-state index is 11.8. The highest BCUT2D eigenvalue weighted by molar-refractivity contribution is 9.10. The zero-order valence-electron chi connectivity index (χ0n) is 9.95. The first-order chi connectivity index (χ1) is 8.35. The average Bonchev–Trinajstić information content (AvgIpc) is 2.32. The maximum Gasteiger partial charge on any atom is 0.162 e. The zero-order valence-corrected chi connectivity index (χ0v) is 13.1. The molecule has 0 saturated heterocycles. The van der Waals surface area contributed by atoms with Crippen LogP contribution < -0.4 is 0 Å². The van der Waals surface area contributed by atoms with Crippen molar-refractivity contribution in [3.63, 3.8) is 0 Å². The predicted octanol–water partition coefficient (Wildman–Crippen LogP) is 3.50. The van der Waals surface area contributed by atoms with E-state index in [4.69, 9.17) is 11.6 Å².